The summed E-state index contributed by atoms with van der Waals surface area (Å²) >= 11 is 0. The Morgan fingerprint density at radius 3 is 2.29 bits per heavy atom. The van der Waals surface area contributed by atoms with Crippen molar-refractivity contribution in [2.45, 2.75) is 77.3 Å². The van der Waals surface area contributed by atoms with Crippen molar-refractivity contribution in [1.29, 1.82) is 0 Å². The number of carbonyl (C=O) groups is 2. The van der Waals surface area contributed by atoms with E-state index in [4.69, 9.17) is 0 Å². The molecule has 2 aliphatic heterocycles. The number of aryl methyl sites for hydroxylation is 1. The molecule has 2 amide bonds. The largest absolute Gasteiger partial charge is 0.355 e. The third kappa shape index (κ3) is 6.39. The summed E-state index contributed by atoms with van der Waals surface area (Å²) in [6.07, 6.45) is 9.72. The molecule has 188 valence electrons. The van der Waals surface area contributed by atoms with E-state index < -0.39 is 0 Å². The average molecular weight is 469 g/mol. The van der Waals surface area contributed by atoms with Crippen LogP contribution in [0.3, 0.4) is 0 Å². The molecule has 2 atom stereocenters. The molecule has 1 aromatic rings. The van der Waals surface area contributed by atoms with Gasteiger partial charge in [0.05, 0.1) is 6.04 Å². The molecule has 3 fully saturated rings. The fraction of sp³-hybridized carbons (Fsp3) is 0.714. The van der Waals surface area contributed by atoms with Crippen molar-refractivity contribution in [3.05, 3.63) is 35.4 Å². The summed E-state index contributed by atoms with van der Waals surface area (Å²) in [5.74, 6) is 0.756. The molecule has 1 aromatic carbocycles. The number of hydrogen-bond donors (Lipinski definition) is 1. The standard InChI is InChI=1S/C28H44N4O2/c1-22-11-13-25(14-12-22)28(34)32-20-18-31(19-21-32)26(24-9-3-4-10-24)27(33)29-15-7-17-30-16-6-5-8-23(30)2/h11-14,23-24,26H,3-10,15-21H2,1-2H3,(H,29,33). The summed E-state index contributed by atoms with van der Waals surface area (Å²) in [7, 11) is 0. The van der Waals surface area contributed by atoms with Crippen LogP contribution in [0, 0.1) is 12.8 Å². The first kappa shape index (κ1) is 25.2. The third-order valence-corrected chi connectivity index (χ3v) is 8.27. The van der Waals surface area contributed by atoms with Crippen LogP contribution < -0.4 is 5.32 Å². The van der Waals surface area contributed by atoms with Crippen LogP contribution in [-0.4, -0.2) is 84.4 Å². The van der Waals surface area contributed by atoms with Crippen LogP contribution in [0.5, 0.6) is 0 Å². The van der Waals surface area contributed by atoms with Gasteiger partial charge >= 0.3 is 0 Å². The predicted molar refractivity (Wildman–Crippen MR) is 137 cm³/mol. The quantitative estimate of drug-likeness (QED) is 0.591. The molecule has 0 aromatic heterocycles. The first-order valence-electron chi connectivity index (χ1n) is 13.6. The fourth-order valence-electron chi connectivity index (χ4n) is 6.12. The zero-order valence-electron chi connectivity index (χ0n) is 21.3. The van der Waals surface area contributed by atoms with Gasteiger partial charge in [-0.15, -0.1) is 0 Å². The lowest BCUT2D eigenvalue weighted by molar-refractivity contribution is -0.129. The molecule has 1 aliphatic carbocycles. The van der Waals surface area contributed by atoms with Gasteiger partial charge in [-0.2, -0.15) is 0 Å². The molecule has 0 radical (unpaired) electrons. The van der Waals surface area contributed by atoms with E-state index in [0.29, 0.717) is 25.0 Å². The number of piperazine rings is 1. The maximum absolute atomic E-state index is 13.4. The van der Waals surface area contributed by atoms with Crippen molar-refractivity contribution >= 4 is 11.8 Å². The molecular weight excluding hydrogens is 424 g/mol. The zero-order chi connectivity index (χ0) is 23.9. The highest BCUT2D eigenvalue weighted by Crippen LogP contribution is 2.31. The lowest BCUT2D eigenvalue weighted by atomic mass is 9.95. The number of amides is 2. The van der Waals surface area contributed by atoms with Gasteiger partial charge in [0.2, 0.25) is 5.91 Å². The Kier molecular flexibility index (Phi) is 9.01. The molecule has 0 spiro atoms. The lowest BCUT2D eigenvalue weighted by Crippen LogP contribution is -2.58. The van der Waals surface area contributed by atoms with Crippen LogP contribution in [0.2, 0.25) is 0 Å². The second-order valence-electron chi connectivity index (χ2n) is 10.7. The van der Waals surface area contributed by atoms with Crippen LogP contribution in [0.15, 0.2) is 24.3 Å². The van der Waals surface area contributed by atoms with Crippen molar-refractivity contribution in [2.75, 3.05) is 45.8 Å². The molecule has 2 heterocycles. The number of carbonyl (C=O) groups excluding carboxylic acids is 2. The van der Waals surface area contributed by atoms with Gasteiger partial charge in [0.15, 0.2) is 0 Å². The number of hydrogen-bond acceptors (Lipinski definition) is 4. The third-order valence-electron chi connectivity index (χ3n) is 8.27. The van der Waals surface area contributed by atoms with Crippen LogP contribution in [0.25, 0.3) is 0 Å². The highest BCUT2D eigenvalue weighted by Gasteiger charge is 2.37. The molecule has 1 N–H and O–H groups in total. The van der Waals surface area contributed by atoms with Gasteiger partial charge in [0, 0.05) is 50.9 Å². The molecule has 2 unspecified atom stereocenters. The van der Waals surface area contributed by atoms with Crippen molar-refractivity contribution in [3.8, 4) is 0 Å². The Morgan fingerprint density at radius 1 is 0.941 bits per heavy atom. The minimum atomic E-state index is -0.0481. The Morgan fingerprint density at radius 2 is 1.62 bits per heavy atom. The number of rotatable bonds is 8. The number of nitrogens with zero attached hydrogens (tertiary/aromatic N) is 3. The van der Waals surface area contributed by atoms with Crippen LogP contribution >= 0.6 is 0 Å². The van der Waals surface area contributed by atoms with E-state index in [0.717, 1.165) is 56.6 Å². The second kappa shape index (κ2) is 12.2. The van der Waals surface area contributed by atoms with E-state index in [2.05, 4.69) is 22.0 Å². The average Bonchev–Trinajstić information content (AvgIpc) is 3.38. The number of nitrogens with one attached hydrogen (secondary N) is 1. The lowest BCUT2D eigenvalue weighted by Gasteiger charge is -2.41. The second-order valence-corrected chi connectivity index (χ2v) is 10.7. The van der Waals surface area contributed by atoms with Gasteiger partial charge in [-0.05, 0) is 70.5 Å². The molecule has 2 saturated heterocycles. The number of piperidine rings is 1. The Hall–Kier alpha value is -1.92. The van der Waals surface area contributed by atoms with Crippen molar-refractivity contribution in [3.63, 3.8) is 0 Å². The van der Waals surface area contributed by atoms with Crippen molar-refractivity contribution in [2.24, 2.45) is 5.92 Å². The molecule has 34 heavy (non-hydrogen) atoms. The predicted octanol–water partition coefficient (Wildman–Crippen LogP) is 3.69. The maximum atomic E-state index is 13.4. The first-order valence-corrected chi connectivity index (χ1v) is 13.6. The molecule has 0 bridgehead atoms. The summed E-state index contributed by atoms with van der Waals surface area (Å²) in [6, 6.07) is 8.46. The summed E-state index contributed by atoms with van der Waals surface area (Å²) in [6.45, 7) is 10.3. The highest BCUT2D eigenvalue weighted by atomic mass is 16.2. The number of benzene rings is 1. The van der Waals surface area contributed by atoms with Gasteiger partial charge in [-0.1, -0.05) is 37.0 Å². The number of likely N-dealkylation sites (tertiary alicyclic amines) is 1. The summed E-state index contributed by atoms with van der Waals surface area (Å²) in [5.41, 5.74) is 1.92. The molecular formula is C28H44N4O2. The summed E-state index contributed by atoms with van der Waals surface area (Å²) < 4.78 is 0. The van der Waals surface area contributed by atoms with Gasteiger partial charge < -0.3 is 15.1 Å². The Bertz CT molecular complexity index is 797. The zero-order valence-corrected chi connectivity index (χ0v) is 21.3. The van der Waals surface area contributed by atoms with Gasteiger partial charge in [0.1, 0.15) is 0 Å². The SMILES string of the molecule is Cc1ccc(C(=O)N2CCN(C(C(=O)NCCCN3CCCCC3C)C3CCCC3)CC2)cc1. The van der Waals surface area contributed by atoms with E-state index >= 15 is 0 Å². The minimum absolute atomic E-state index is 0.0481. The first-order chi connectivity index (χ1) is 16.5. The fourth-order valence-corrected chi connectivity index (χ4v) is 6.12. The van der Waals surface area contributed by atoms with E-state index in [1.54, 1.807) is 0 Å². The van der Waals surface area contributed by atoms with E-state index in [1.807, 2.05) is 36.1 Å². The maximum Gasteiger partial charge on any atom is 0.253 e. The van der Waals surface area contributed by atoms with Crippen LogP contribution in [-0.2, 0) is 4.79 Å². The van der Waals surface area contributed by atoms with Crippen molar-refractivity contribution < 1.29 is 9.59 Å². The summed E-state index contributed by atoms with van der Waals surface area (Å²) in [5, 5.41) is 3.29. The normalized spacial score (nSPS) is 23.7. The van der Waals surface area contributed by atoms with Gasteiger partial charge in [-0.25, -0.2) is 0 Å². The summed E-state index contributed by atoms with van der Waals surface area (Å²) in [4.78, 5) is 33.2. The monoisotopic (exact) mass is 468 g/mol. The van der Waals surface area contributed by atoms with Crippen molar-refractivity contribution in [1.82, 2.24) is 20.0 Å². The van der Waals surface area contributed by atoms with E-state index in [9.17, 15) is 9.59 Å². The van der Waals surface area contributed by atoms with Gasteiger partial charge in [-0.3, -0.25) is 14.5 Å². The van der Waals surface area contributed by atoms with Crippen LogP contribution in [0.4, 0.5) is 0 Å². The Balaban J connectivity index is 1.28. The molecule has 3 aliphatic rings. The topological polar surface area (TPSA) is 55.9 Å². The van der Waals surface area contributed by atoms with Crippen LogP contribution in [0.1, 0.15) is 74.2 Å². The molecule has 6 nitrogen and oxygen atoms in total. The highest BCUT2D eigenvalue weighted by molar-refractivity contribution is 5.94. The van der Waals surface area contributed by atoms with Gasteiger partial charge in [0.25, 0.3) is 5.91 Å². The molecule has 4 rings (SSSR count). The Labute approximate surface area is 206 Å². The minimum Gasteiger partial charge on any atom is -0.355 e. The van der Waals surface area contributed by atoms with E-state index in [1.165, 1.54) is 38.6 Å². The van der Waals surface area contributed by atoms with E-state index in [-0.39, 0.29) is 17.9 Å². The smallest absolute Gasteiger partial charge is 0.253 e. The molecule has 1 saturated carbocycles. The molecule has 6 heteroatoms.